The average molecular weight is 475 g/mol. The van der Waals surface area contributed by atoms with Crippen LogP contribution in [0, 0.1) is 5.92 Å². The number of anilines is 1. The predicted octanol–water partition coefficient (Wildman–Crippen LogP) is 0.0309. The lowest BCUT2D eigenvalue weighted by molar-refractivity contribution is -0.137. The first-order valence-corrected chi connectivity index (χ1v) is 12.3. The Labute approximate surface area is 200 Å². The van der Waals surface area contributed by atoms with Crippen LogP contribution in [-0.2, 0) is 4.79 Å². The van der Waals surface area contributed by atoms with E-state index in [1.165, 1.54) is 0 Å². The molecule has 0 atom stereocenters. The van der Waals surface area contributed by atoms with Gasteiger partial charge in [0.25, 0.3) is 0 Å². The van der Waals surface area contributed by atoms with Gasteiger partial charge in [-0.15, -0.1) is 0 Å². The fourth-order valence-electron chi connectivity index (χ4n) is 5.20. The van der Waals surface area contributed by atoms with Crippen LogP contribution in [0.15, 0.2) is 17.1 Å². The normalized spacial score (nSPS) is 24.6. The summed E-state index contributed by atoms with van der Waals surface area (Å²) in [6.07, 6.45) is 5.85. The van der Waals surface area contributed by atoms with E-state index in [2.05, 4.69) is 15.2 Å². The SMILES string of the molecule is CC(C)(N)C(=O)N1CCN(C(=O)Nc2ccn(C3CCC(CN4CC(N)C4)CC3)c(=O)n2)CC1. The Kier molecular flexibility index (Phi) is 7.25. The van der Waals surface area contributed by atoms with Crippen molar-refractivity contribution in [3.05, 3.63) is 22.7 Å². The van der Waals surface area contributed by atoms with Crippen LogP contribution in [0.3, 0.4) is 0 Å². The molecule has 2 aliphatic heterocycles. The van der Waals surface area contributed by atoms with Crippen LogP contribution in [0.1, 0.15) is 45.6 Å². The molecule has 3 amide bonds. The molecule has 4 rings (SSSR count). The Bertz CT molecular complexity index is 936. The van der Waals surface area contributed by atoms with E-state index in [0.717, 1.165) is 45.3 Å². The molecular weight excluding hydrogens is 436 g/mol. The minimum Gasteiger partial charge on any atom is -0.338 e. The summed E-state index contributed by atoms with van der Waals surface area (Å²) in [7, 11) is 0. The molecule has 3 fully saturated rings. The molecule has 0 radical (unpaired) electrons. The molecule has 2 saturated heterocycles. The molecule has 188 valence electrons. The third kappa shape index (κ3) is 5.76. The van der Waals surface area contributed by atoms with E-state index >= 15 is 0 Å². The van der Waals surface area contributed by atoms with Crippen molar-refractivity contribution in [3.63, 3.8) is 0 Å². The van der Waals surface area contributed by atoms with Crippen molar-refractivity contribution in [2.45, 2.75) is 57.2 Å². The fraction of sp³-hybridized carbons (Fsp3) is 0.739. The summed E-state index contributed by atoms with van der Waals surface area (Å²) >= 11 is 0. The summed E-state index contributed by atoms with van der Waals surface area (Å²) in [5.74, 6) is 0.782. The van der Waals surface area contributed by atoms with Crippen LogP contribution in [0.5, 0.6) is 0 Å². The van der Waals surface area contributed by atoms with Gasteiger partial charge in [0.05, 0.1) is 5.54 Å². The Balaban J connectivity index is 1.25. The minimum atomic E-state index is -0.930. The Morgan fingerprint density at radius 1 is 1.09 bits per heavy atom. The zero-order valence-corrected chi connectivity index (χ0v) is 20.3. The van der Waals surface area contributed by atoms with E-state index in [4.69, 9.17) is 11.5 Å². The quantitative estimate of drug-likeness (QED) is 0.546. The molecule has 0 spiro atoms. The number of aromatic nitrogens is 2. The fourth-order valence-corrected chi connectivity index (χ4v) is 5.20. The molecule has 0 unspecified atom stereocenters. The maximum absolute atomic E-state index is 12.7. The Hall–Kier alpha value is -2.50. The Morgan fingerprint density at radius 3 is 2.26 bits per heavy atom. The number of nitrogens with one attached hydrogen (secondary N) is 1. The van der Waals surface area contributed by atoms with Gasteiger partial charge in [0.1, 0.15) is 5.82 Å². The zero-order chi connectivity index (χ0) is 24.5. The Morgan fingerprint density at radius 2 is 1.71 bits per heavy atom. The topological polar surface area (TPSA) is 143 Å². The highest BCUT2D eigenvalue weighted by Gasteiger charge is 2.32. The van der Waals surface area contributed by atoms with Crippen LogP contribution < -0.4 is 22.5 Å². The van der Waals surface area contributed by atoms with Crippen molar-refractivity contribution in [2.24, 2.45) is 17.4 Å². The summed E-state index contributed by atoms with van der Waals surface area (Å²) in [5.41, 5.74) is 10.5. The third-order valence-corrected chi connectivity index (χ3v) is 7.18. The van der Waals surface area contributed by atoms with Crippen molar-refractivity contribution in [1.82, 2.24) is 24.3 Å². The van der Waals surface area contributed by atoms with E-state index in [-0.39, 0.29) is 29.5 Å². The van der Waals surface area contributed by atoms with Crippen molar-refractivity contribution < 1.29 is 9.59 Å². The molecular formula is C23H38N8O3. The molecule has 11 nitrogen and oxygen atoms in total. The van der Waals surface area contributed by atoms with Gasteiger partial charge in [0.15, 0.2) is 0 Å². The van der Waals surface area contributed by atoms with Gasteiger partial charge in [-0.3, -0.25) is 19.6 Å². The highest BCUT2D eigenvalue weighted by atomic mass is 16.2. The summed E-state index contributed by atoms with van der Waals surface area (Å²) in [4.78, 5) is 47.4. The van der Waals surface area contributed by atoms with Crippen LogP contribution in [0.25, 0.3) is 0 Å². The minimum absolute atomic E-state index is 0.128. The molecule has 0 bridgehead atoms. The highest BCUT2D eigenvalue weighted by molar-refractivity contribution is 5.89. The number of rotatable bonds is 5. The number of likely N-dealkylation sites (tertiary alicyclic amines) is 1. The van der Waals surface area contributed by atoms with Gasteiger partial charge < -0.3 is 21.3 Å². The zero-order valence-electron chi connectivity index (χ0n) is 20.3. The number of nitrogens with zero attached hydrogens (tertiary/aromatic N) is 5. The lowest BCUT2D eigenvalue weighted by Gasteiger charge is -2.40. The summed E-state index contributed by atoms with van der Waals surface area (Å²) in [6, 6.07) is 1.84. The second kappa shape index (κ2) is 10.0. The van der Waals surface area contributed by atoms with Crippen molar-refractivity contribution in [1.29, 1.82) is 0 Å². The second-order valence-electron chi connectivity index (χ2n) is 10.6. The maximum Gasteiger partial charge on any atom is 0.349 e. The molecule has 3 aliphatic rings. The van der Waals surface area contributed by atoms with E-state index in [1.54, 1.807) is 40.5 Å². The van der Waals surface area contributed by atoms with Gasteiger partial charge in [0, 0.05) is 64.1 Å². The first-order chi connectivity index (χ1) is 16.1. The van der Waals surface area contributed by atoms with Crippen LogP contribution in [0.2, 0.25) is 0 Å². The number of carbonyl (C=O) groups excluding carboxylic acids is 2. The van der Waals surface area contributed by atoms with Crippen molar-refractivity contribution >= 4 is 17.8 Å². The number of urea groups is 1. The maximum atomic E-state index is 12.7. The summed E-state index contributed by atoms with van der Waals surface area (Å²) in [6.45, 7) is 8.10. The summed E-state index contributed by atoms with van der Waals surface area (Å²) < 4.78 is 1.70. The van der Waals surface area contributed by atoms with Gasteiger partial charge in [-0.05, 0) is 51.5 Å². The highest BCUT2D eigenvalue weighted by Crippen LogP contribution is 2.32. The molecule has 1 aromatic heterocycles. The lowest BCUT2D eigenvalue weighted by Crippen LogP contribution is -2.58. The lowest BCUT2D eigenvalue weighted by atomic mass is 9.85. The van der Waals surface area contributed by atoms with Gasteiger partial charge in [-0.25, -0.2) is 9.59 Å². The number of hydrogen-bond acceptors (Lipinski definition) is 7. The third-order valence-electron chi connectivity index (χ3n) is 7.18. The summed E-state index contributed by atoms with van der Waals surface area (Å²) in [5, 5.41) is 2.72. The van der Waals surface area contributed by atoms with Gasteiger partial charge in [-0.1, -0.05) is 0 Å². The van der Waals surface area contributed by atoms with Crippen LogP contribution in [0.4, 0.5) is 10.6 Å². The monoisotopic (exact) mass is 474 g/mol. The van der Waals surface area contributed by atoms with Crippen LogP contribution in [-0.4, -0.2) is 93.6 Å². The van der Waals surface area contributed by atoms with Crippen LogP contribution >= 0.6 is 0 Å². The number of amides is 3. The first-order valence-electron chi connectivity index (χ1n) is 12.3. The molecule has 0 aromatic carbocycles. The largest absolute Gasteiger partial charge is 0.349 e. The van der Waals surface area contributed by atoms with E-state index in [0.29, 0.717) is 38.1 Å². The average Bonchev–Trinajstić information content (AvgIpc) is 2.78. The predicted molar refractivity (Wildman–Crippen MR) is 129 cm³/mol. The molecule has 1 saturated carbocycles. The molecule has 11 heteroatoms. The standard InChI is InChI=1S/C23H38N8O3/c1-23(2,25)20(32)29-9-11-30(12-10-29)21(33)26-19-7-8-31(22(34)27-19)18-5-3-16(4-6-18)13-28-14-17(24)15-28/h7-8,16-18H,3-6,9-15,24-25H2,1-2H3,(H,26,27,33,34). The molecule has 1 aromatic rings. The number of piperazine rings is 1. The second-order valence-corrected chi connectivity index (χ2v) is 10.6. The molecule has 34 heavy (non-hydrogen) atoms. The van der Waals surface area contributed by atoms with Crippen molar-refractivity contribution in [3.8, 4) is 0 Å². The molecule has 5 N–H and O–H groups in total. The molecule has 1 aliphatic carbocycles. The number of nitrogens with two attached hydrogens (primary N) is 2. The van der Waals surface area contributed by atoms with Gasteiger partial charge in [0.2, 0.25) is 5.91 Å². The molecule has 3 heterocycles. The van der Waals surface area contributed by atoms with E-state index in [9.17, 15) is 14.4 Å². The van der Waals surface area contributed by atoms with Gasteiger partial charge >= 0.3 is 11.7 Å². The number of carbonyl (C=O) groups is 2. The van der Waals surface area contributed by atoms with Crippen molar-refractivity contribution in [2.75, 3.05) is 51.1 Å². The smallest absolute Gasteiger partial charge is 0.338 e. The van der Waals surface area contributed by atoms with Gasteiger partial charge in [-0.2, -0.15) is 4.98 Å². The number of hydrogen-bond donors (Lipinski definition) is 3. The van der Waals surface area contributed by atoms with E-state index < -0.39 is 5.54 Å². The van der Waals surface area contributed by atoms with E-state index in [1.807, 2.05) is 0 Å². The first kappa shape index (κ1) is 24.6.